The van der Waals surface area contributed by atoms with Gasteiger partial charge in [0.25, 0.3) is 0 Å². The molecule has 2 unspecified atom stereocenters. The number of Topliss-reactive ketones (excluding diaryl/α,β-unsaturated/α-hetero) is 4. The van der Waals surface area contributed by atoms with Crippen molar-refractivity contribution in [3.63, 3.8) is 0 Å². The molecule has 4 aliphatic rings. The highest BCUT2D eigenvalue weighted by atomic mass is 16.1. The van der Waals surface area contributed by atoms with Gasteiger partial charge in [0.2, 0.25) is 0 Å². The van der Waals surface area contributed by atoms with Crippen molar-refractivity contribution in [3.8, 4) is 0 Å². The molecule has 0 amide bonds. The minimum absolute atomic E-state index is 0.0423. The van der Waals surface area contributed by atoms with Crippen molar-refractivity contribution in [3.05, 3.63) is 83.4 Å². The monoisotopic (exact) mass is 672 g/mol. The van der Waals surface area contributed by atoms with E-state index in [0.717, 1.165) is 86.0 Å². The van der Waals surface area contributed by atoms with E-state index in [0.29, 0.717) is 18.1 Å². The van der Waals surface area contributed by atoms with Crippen LogP contribution in [-0.4, -0.2) is 23.1 Å². The second kappa shape index (κ2) is 15.5. The summed E-state index contributed by atoms with van der Waals surface area (Å²) in [6.45, 7) is 1.94. The molecule has 50 heavy (non-hydrogen) atoms. The summed E-state index contributed by atoms with van der Waals surface area (Å²) >= 11 is 0. The lowest BCUT2D eigenvalue weighted by molar-refractivity contribution is -0.142. The lowest BCUT2D eigenvalue weighted by Crippen LogP contribution is -2.41. The zero-order valence-corrected chi connectivity index (χ0v) is 30.2. The summed E-state index contributed by atoms with van der Waals surface area (Å²) in [5, 5.41) is 2.18. The van der Waals surface area contributed by atoms with Crippen molar-refractivity contribution < 1.29 is 19.2 Å². The molecule has 3 aromatic carbocycles. The van der Waals surface area contributed by atoms with E-state index in [1.165, 1.54) is 43.2 Å². The second-order valence-electron chi connectivity index (χ2n) is 16.9. The van der Waals surface area contributed by atoms with E-state index in [1.807, 2.05) is 37.3 Å². The fraction of sp³-hybridized carbons (Fsp3) is 0.565. The first kappa shape index (κ1) is 35.0. The third kappa shape index (κ3) is 7.75. The molecule has 0 spiro atoms. The Balaban J connectivity index is 1.03. The average Bonchev–Trinajstić information content (AvgIpc) is 3.15. The summed E-state index contributed by atoms with van der Waals surface area (Å²) in [6, 6.07) is 22.5. The molecule has 7 rings (SSSR count). The van der Waals surface area contributed by atoms with E-state index >= 15 is 0 Å². The predicted molar refractivity (Wildman–Crippen MR) is 200 cm³/mol. The highest BCUT2D eigenvalue weighted by Gasteiger charge is 2.44. The van der Waals surface area contributed by atoms with Gasteiger partial charge in [-0.2, -0.15) is 0 Å². The molecule has 0 bridgehead atoms. The minimum atomic E-state index is -0.985. The summed E-state index contributed by atoms with van der Waals surface area (Å²) in [4.78, 5) is 55.8. The maximum absolute atomic E-state index is 14.6. The molecular formula is C46H56O4. The Bertz CT molecular complexity index is 1690. The predicted octanol–water partition coefficient (Wildman–Crippen LogP) is 10.1. The Morgan fingerprint density at radius 3 is 2.02 bits per heavy atom. The lowest BCUT2D eigenvalue weighted by Gasteiger charge is -2.39. The first-order valence-electron chi connectivity index (χ1n) is 19.9. The highest BCUT2D eigenvalue weighted by molar-refractivity contribution is 5.98. The van der Waals surface area contributed by atoms with Crippen molar-refractivity contribution in [1.29, 1.82) is 0 Å². The Labute approximate surface area is 299 Å². The van der Waals surface area contributed by atoms with Crippen LogP contribution in [0.2, 0.25) is 0 Å². The summed E-state index contributed by atoms with van der Waals surface area (Å²) in [5.41, 5.74) is 2.46. The molecule has 0 saturated heterocycles. The molecule has 4 aliphatic carbocycles. The normalized spacial score (nSPS) is 27.3. The largest absolute Gasteiger partial charge is 0.299 e. The molecule has 0 heterocycles. The topological polar surface area (TPSA) is 68.3 Å². The van der Waals surface area contributed by atoms with Gasteiger partial charge in [-0.1, -0.05) is 106 Å². The number of carbonyl (C=O) groups is 4. The van der Waals surface area contributed by atoms with Crippen molar-refractivity contribution in [2.75, 3.05) is 0 Å². The smallest absolute Gasteiger partial charge is 0.142 e. The quantitative estimate of drug-likeness (QED) is 0.203. The van der Waals surface area contributed by atoms with E-state index < -0.39 is 5.41 Å². The fourth-order valence-corrected chi connectivity index (χ4v) is 10.7. The summed E-state index contributed by atoms with van der Waals surface area (Å²) in [7, 11) is 0. The van der Waals surface area contributed by atoms with Gasteiger partial charge in [-0.15, -0.1) is 0 Å². The zero-order chi connectivity index (χ0) is 34.7. The number of hydrogen-bond acceptors (Lipinski definition) is 4. The average molecular weight is 673 g/mol. The molecule has 0 radical (unpaired) electrons. The standard InChI is InChI=1S/C46H56O4/c1-46(29-40(47)26-39-16-9-15-33-12-7-8-17-41(33)39,45(50)36-24-18-32(19-25-36)31-10-3-2-4-11-31)30-44(49)35-22-20-34(21-23-35)42-27-37-13-5-6-14-38(37)28-43(42)48/h5-9,12-17,31-32,34-36,42H,2-4,10-11,18-30H2,1H3. The van der Waals surface area contributed by atoms with Gasteiger partial charge < -0.3 is 0 Å². The number of carbonyl (C=O) groups excluding carboxylic acids is 4. The maximum Gasteiger partial charge on any atom is 0.142 e. The van der Waals surface area contributed by atoms with Gasteiger partial charge in [-0.3, -0.25) is 19.2 Å². The third-order valence-electron chi connectivity index (χ3n) is 13.6. The van der Waals surface area contributed by atoms with Crippen LogP contribution in [0.25, 0.3) is 10.8 Å². The Kier molecular flexibility index (Phi) is 10.8. The number of rotatable bonds is 11. The second-order valence-corrected chi connectivity index (χ2v) is 16.9. The van der Waals surface area contributed by atoms with Gasteiger partial charge in [-0.25, -0.2) is 0 Å². The minimum Gasteiger partial charge on any atom is -0.299 e. The van der Waals surface area contributed by atoms with Gasteiger partial charge in [0, 0.05) is 48.9 Å². The van der Waals surface area contributed by atoms with Crippen LogP contribution in [0.3, 0.4) is 0 Å². The summed E-state index contributed by atoms with van der Waals surface area (Å²) in [5.74, 6) is 2.42. The number of benzene rings is 3. The Morgan fingerprint density at radius 1 is 0.640 bits per heavy atom. The molecule has 0 aromatic heterocycles. The van der Waals surface area contributed by atoms with Crippen molar-refractivity contribution >= 4 is 33.9 Å². The van der Waals surface area contributed by atoms with E-state index in [2.05, 4.69) is 36.4 Å². The molecule has 3 saturated carbocycles. The van der Waals surface area contributed by atoms with E-state index in [9.17, 15) is 19.2 Å². The molecule has 2 atom stereocenters. The highest BCUT2D eigenvalue weighted by Crippen LogP contribution is 2.45. The number of ketones is 4. The summed E-state index contributed by atoms with van der Waals surface area (Å²) in [6.07, 6.45) is 15.9. The van der Waals surface area contributed by atoms with Crippen LogP contribution in [0.15, 0.2) is 66.7 Å². The van der Waals surface area contributed by atoms with E-state index in [4.69, 9.17) is 0 Å². The lowest BCUT2D eigenvalue weighted by atomic mass is 9.64. The van der Waals surface area contributed by atoms with Crippen LogP contribution in [-0.2, 0) is 38.4 Å². The first-order chi connectivity index (χ1) is 24.3. The summed E-state index contributed by atoms with van der Waals surface area (Å²) < 4.78 is 0. The first-order valence-corrected chi connectivity index (χ1v) is 19.9. The third-order valence-corrected chi connectivity index (χ3v) is 13.6. The van der Waals surface area contributed by atoms with E-state index in [1.54, 1.807) is 0 Å². The SMILES string of the molecule is CC(CC(=O)Cc1cccc2ccccc12)(CC(=O)C1CCC(C2Cc3ccccc3CC2=O)CC1)C(=O)C1CCC(C2CCCCC2)CC1. The molecule has 264 valence electrons. The Morgan fingerprint density at radius 2 is 1.26 bits per heavy atom. The van der Waals surface area contributed by atoms with Crippen molar-refractivity contribution in [2.45, 2.75) is 122 Å². The van der Waals surface area contributed by atoms with E-state index in [-0.39, 0.29) is 54.4 Å². The van der Waals surface area contributed by atoms with Crippen LogP contribution in [0.1, 0.15) is 120 Å². The molecular weight excluding hydrogens is 617 g/mol. The molecule has 0 N–H and O–H groups in total. The molecule has 4 heteroatoms. The molecule has 4 nitrogen and oxygen atoms in total. The Hall–Kier alpha value is -3.40. The van der Waals surface area contributed by atoms with Crippen molar-refractivity contribution in [2.24, 2.45) is 40.9 Å². The molecule has 0 aliphatic heterocycles. The van der Waals surface area contributed by atoms with Crippen LogP contribution in [0.5, 0.6) is 0 Å². The molecule has 3 fully saturated rings. The van der Waals surface area contributed by atoms with Crippen LogP contribution in [0.4, 0.5) is 0 Å². The van der Waals surface area contributed by atoms with Gasteiger partial charge in [0.15, 0.2) is 0 Å². The van der Waals surface area contributed by atoms with Gasteiger partial charge in [0.05, 0.1) is 0 Å². The van der Waals surface area contributed by atoms with Crippen molar-refractivity contribution in [1.82, 2.24) is 0 Å². The fourth-order valence-electron chi connectivity index (χ4n) is 10.7. The van der Waals surface area contributed by atoms with Gasteiger partial charge in [0.1, 0.15) is 23.1 Å². The maximum atomic E-state index is 14.6. The zero-order valence-electron chi connectivity index (χ0n) is 30.2. The van der Waals surface area contributed by atoms with Crippen LogP contribution in [0, 0.1) is 40.9 Å². The van der Waals surface area contributed by atoms with Gasteiger partial charge in [-0.05, 0) is 103 Å². The number of fused-ring (bicyclic) bond motifs is 2. The van der Waals surface area contributed by atoms with Gasteiger partial charge >= 0.3 is 0 Å². The number of hydrogen-bond donors (Lipinski definition) is 0. The van der Waals surface area contributed by atoms with Crippen LogP contribution >= 0.6 is 0 Å². The molecule has 3 aromatic rings. The van der Waals surface area contributed by atoms with Crippen LogP contribution < -0.4 is 0 Å².